The number of para-hydroxylation sites is 1. The fourth-order valence-corrected chi connectivity index (χ4v) is 6.02. The minimum Gasteiger partial charge on any atom is -0.492 e. The van der Waals surface area contributed by atoms with E-state index in [-0.39, 0.29) is 17.2 Å². The maximum Gasteiger partial charge on any atom is 0.292 e. The molecule has 10 heteroatoms. The second-order valence-corrected chi connectivity index (χ2v) is 11.4. The van der Waals surface area contributed by atoms with Crippen LogP contribution in [0.1, 0.15) is 57.2 Å². The Morgan fingerprint density at radius 2 is 1.92 bits per heavy atom. The summed E-state index contributed by atoms with van der Waals surface area (Å²) in [7, 11) is 1.85. The van der Waals surface area contributed by atoms with Gasteiger partial charge in [0.05, 0.1) is 24.9 Å². The van der Waals surface area contributed by atoms with Gasteiger partial charge in [0.1, 0.15) is 10.8 Å². The minimum atomic E-state index is -0.103. The fraction of sp³-hybridized carbons (Fsp3) is 0.500. The van der Waals surface area contributed by atoms with Crippen molar-refractivity contribution < 1.29 is 18.8 Å². The molecule has 0 atom stereocenters. The van der Waals surface area contributed by atoms with E-state index in [4.69, 9.17) is 9.26 Å². The van der Waals surface area contributed by atoms with Crippen molar-refractivity contribution in [2.75, 3.05) is 46.4 Å². The van der Waals surface area contributed by atoms with E-state index in [0.29, 0.717) is 43.3 Å². The number of aromatic nitrogens is 2. The van der Waals surface area contributed by atoms with Gasteiger partial charge in [-0.25, -0.2) is 4.98 Å². The third-order valence-electron chi connectivity index (χ3n) is 7.83. The van der Waals surface area contributed by atoms with Gasteiger partial charge in [-0.3, -0.25) is 14.5 Å². The summed E-state index contributed by atoms with van der Waals surface area (Å²) >= 11 is 1.66. The molecule has 1 spiro atoms. The molecule has 202 valence electrons. The molecule has 0 radical (unpaired) electrons. The summed E-state index contributed by atoms with van der Waals surface area (Å²) in [5, 5.41) is 6.86. The number of rotatable bonds is 3. The molecule has 2 aromatic heterocycles. The number of piperidine rings is 1. The van der Waals surface area contributed by atoms with Crippen LogP contribution in [0.15, 0.2) is 46.6 Å². The molecule has 0 bridgehead atoms. The van der Waals surface area contributed by atoms with Crippen molar-refractivity contribution in [3.05, 3.63) is 63.9 Å². The van der Waals surface area contributed by atoms with Crippen molar-refractivity contribution in [1.29, 1.82) is 0 Å². The first-order chi connectivity index (χ1) is 18.4. The maximum absolute atomic E-state index is 13.3. The molecule has 0 saturated carbocycles. The molecular weight excluding hydrogens is 502 g/mol. The first kappa shape index (κ1) is 26.4. The molecule has 1 aromatic carbocycles. The molecule has 0 N–H and O–H groups in total. The Balaban J connectivity index is 1.35. The van der Waals surface area contributed by atoms with Crippen molar-refractivity contribution in [1.82, 2.24) is 24.8 Å². The number of nitrogens with zero attached hydrogens (tertiary/aromatic N) is 5. The molecule has 2 amide bonds. The van der Waals surface area contributed by atoms with Gasteiger partial charge in [0.25, 0.3) is 11.8 Å². The van der Waals surface area contributed by atoms with Gasteiger partial charge in [-0.2, -0.15) is 0 Å². The normalized spacial score (nSPS) is 19.3. The molecule has 1 fully saturated rings. The molecule has 38 heavy (non-hydrogen) atoms. The number of hydrogen-bond donors (Lipinski definition) is 0. The maximum atomic E-state index is 13.3. The molecular formula is C28H35N5O4S. The highest BCUT2D eigenvalue weighted by atomic mass is 32.1. The summed E-state index contributed by atoms with van der Waals surface area (Å²) in [4.78, 5) is 36.9. The molecule has 4 heterocycles. The number of likely N-dealkylation sites (tertiary alicyclic amines) is 1. The Morgan fingerprint density at radius 3 is 2.66 bits per heavy atom. The summed E-state index contributed by atoms with van der Waals surface area (Å²) in [6.07, 6.45) is 7.06. The minimum absolute atomic E-state index is 0.0362. The summed E-state index contributed by atoms with van der Waals surface area (Å²) in [6.45, 7) is 6.71. The first-order valence-corrected chi connectivity index (χ1v) is 14.1. The molecule has 0 aliphatic carbocycles. The van der Waals surface area contributed by atoms with Crippen LogP contribution in [0.3, 0.4) is 0 Å². The van der Waals surface area contributed by atoms with E-state index < -0.39 is 0 Å². The monoisotopic (exact) mass is 537 g/mol. The molecule has 1 saturated heterocycles. The van der Waals surface area contributed by atoms with Crippen molar-refractivity contribution in [3.8, 4) is 5.75 Å². The van der Waals surface area contributed by atoms with E-state index in [1.54, 1.807) is 22.4 Å². The van der Waals surface area contributed by atoms with Gasteiger partial charge in [0, 0.05) is 55.8 Å². The van der Waals surface area contributed by atoms with E-state index in [1.165, 1.54) is 0 Å². The third-order valence-corrected chi connectivity index (χ3v) is 8.59. The smallest absolute Gasteiger partial charge is 0.292 e. The van der Waals surface area contributed by atoms with E-state index >= 15 is 0 Å². The van der Waals surface area contributed by atoms with Gasteiger partial charge in [0.2, 0.25) is 5.76 Å². The van der Waals surface area contributed by atoms with Crippen LogP contribution in [0, 0.1) is 12.3 Å². The van der Waals surface area contributed by atoms with Gasteiger partial charge in [-0.05, 0) is 51.3 Å². The van der Waals surface area contributed by atoms with Gasteiger partial charge < -0.3 is 19.1 Å². The first-order valence-electron chi connectivity index (χ1n) is 13.2. The number of aryl methyl sites for hydroxylation is 1. The van der Waals surface area contributed by atoms with Crippen LogP contribution in [-0.2, 0) is 6.54 Å². The van der Waals surface area contributed by atoms with E-state index in [0.717, 1.165) is 55.9 Å². The quantitative estimate of drug-likeness (QED) is 0.497. The third kappa shape index (κ3) is 5.91. The van der Waals surface area contributed by atoms with Crippen LogP contribution in [-0.4, -0.2) is 83.0 Å². The van der Waals surface area contributed by atoms with Crippen LogP contribution in [0.25, 0.3) is 0 Å². The summed E-state index contributed by atoms with van der Waals surface area (Å²) in [5.41, 5.74) is 1.26. The van der Waals surface area contributed by atoms with E-state index in [1.807, 2.05) is 54.7 Å². The van der Waals surface area contributed by atoms with Crippen LogP contribution >= 0.6 is 11.3 Å². The lowest BCUT2D eigenvalue weighted by Gasteiger charge is -2.42. The fourth-order valence-electron chi connectivity index (χ4n) is 5.36. The molecule has 3 aromatic rings. The zero-order chi connectivity index (χ0) is 26.5. The molecule has 2 aliphatic heterocycles. The number of carbonyl (C=O) groups is 2. The Morgan fingerprint density at radius 1 is 1.11 bits per heavy atom. The lowest BCUT2D eigenvalue weighted by Crippen LogP contribution is -2.46. The van der Waals surface area contributed by atoms with Crippen molar-refractivity contribution >= 4 is 23.2 Å². The van der Waals surface area contributed by atoms with E-state index in [9.17, 15) is 9.59 Å². The zero-order valence-electron chi connectivity index (χ0n) is 22.1. The van der Waals surface area contributed by atoms with Crippen LogP contribution in [0.5, 0.6) is 5.75 Å². The number of benzene rings is 1. The Kier molecular flexibility index (Phi) is 8.09. The summed E-state index contributed by atoms with van der Waals surface area (Å²) in [6, 6.07) is 7.52. The zero-order valence-corrected chi connectivity index (χ0v) is 22.9. The van der Waals surface area contributed by atoms with Crippen molar-refractivity contribution in [3.63, 3.8) is 0 Å². The number of likely N-dealkylation sites (N-methyl/N-ethyl adjacent to an activating group) is 1. The summed E-state index contributed by atoms with van der Waals surface area (Å²) < 4.78 is 11.6. The average Bonchev–Trinajstić information content (AvgIpc) is 3.61. The van der Waals surface area contributed by atoms with Gasteiger partial charge in [0.15, 0.2) is 0 Å². The molecule has 9 nitrogen and oxygen atoms in total. The van der Waals surface area contributed by atoms with E-state index in [2.05, 4.69) is 15.0 Å². The highest BCUT2D eigenvalue weighted by molar-refractivity contribution is 7.09. The van der Waals surface area contributed by atoms with Crippen molar-refractivity contribution in [2.24, 2.45) is 5.41 Å². The van der Waals surface area contributed by atoms with Crippen molar-refractivity contribution in [2.45, 2.75) is 39.2 Å². The lowest BCUT2D eigenvalue weighted by atomic mass is 9.75. The molecule has 0 unspecified atom stereocenters. The Hall–Kier alpha value is -3.24. The topological polar surface area (TPSA) is 92.0 Å². The standard InChI is InChI=1S/C28H35N5O4S/c1-21-18-30-37-25(21)27(35)33-13-9-28(10-14-33)8-5-12-32(19-24-29-11-17-38-24)16-15-31(2)26(34)22-6-3-4-7-23(22)36-20-28/h3-4,6-7,11,17-18H,5,8-10,12-16,19-20H2,1-2H3. The predicted molar refractivity (Wildman–Crippen MR) is 144 cm³/mol. The SMILES string of the molecule is Cc1cnoc1C(=O)N1CCC2(CCCN(Cc3nccs3)CCN(C)C(=O)c3ccccc3OC2)CC1. The number of fused-ring (bicyclic) bond motifs is 1. The number of ether oxygens (including phenoxy) is 1. The number of hydrogen-bond acceptors (Lipinski definition) is 8. The van der Waals surface area contributed by atoms with Crippen LogP contribution < -0.4 is 4.74 Å². The highest BCUT2D eigenvalue weighted by Crippen LogP contribution is 2.38. The largest absolute Gasteiger partial charge is 0.492 e. The number of amides is 2. The molecule has 2 aliphatic rings. The molecule has 5 rings (SSSR count). The van der Waals surface area contributed by atoms with Gasteiger partial charge in [-0.15, -0.1) is 11.3 Å². The predicted octanol–water partition coefficient (Wildman–Crippen LogP) is 4.11. The number of carbonyl (C=O) groups excluding carboxylic acids is 2. The van der Waals surface area contributed by atoms with Gasteiger partial charge in [-0.1, -0.05) is 17.3 Å². The number of thiazole rings is 1. The average molecular weight is 538 g/mol. The Bertz CT molecular complexity index is 1240. The van der Waals surface area contributed by atoms with Crippen LogP contribution in [0.2, 0.25) is 0 Å². The van der Waals surface area contributed by atoms with Crippen LogP contribution in [0.4, 0.5) is 0 Å². The summed E-state index contributed by atoms with van der Waals surface area (Å²) in [5.74, 6) is 0.805. The highest BCUT2D eigenvalue weighted by Gasteiger charge is 2.38. The Labute approximate surface area is 227 Å². The van der Waals surface area contributed by atoms with Gasteiger partial charge >= 0.3 is 0 Å². The second-order valence-electron chi connectivity index (χ2n) is 10.4. The lowest BCUT2D eigenvalue weighted by molar-refractivity contribution is 0.0325. The second kappa shape index (κ2) is 11.7.